The predicted octanol–water partition coefficient (Wildman–Crippen LogP) is 3.71. The molecule has 0 aromatic heterocycles. The monoisotopic (exact) mass is 242 g/mol. The van der Waals surface area contributed by atoms with Crippen LogP contribution in [-0.2, 0) is 0 Å². The third-order valence-electron chi connectivity index (χ3n) is 2.78. The molecule has 0 spiro atoms. The van der Waals surface area contributed by atoms with Crippen molar-refractivity contribution in [2.45, 2.75) is 20.8 Å². The first-order valence-electron chi connectivity index (χ1n) is 5.54. The van der Waals surface area contributed by atoms with Gasteiger partial charge in [-0.25, -0.2) is 4.39 Å². The third kappa shape index (κ3) is 3.71. The predicted molar refractivity (Wildman–Crippen MR) is 68.8 cm³/mol. The van der Waals surface area contributed by atoms with E-state index in [9.17, 15) is 4.39 Å². The molecule has 90 valence electrons. The van der Waals surface area contributed by atoms with E-state index in [-0.39, 0.29) is 5.82 Å². The van der Waals surface area contributed by atoms with Gasteiger partial charge in [0.15, 0.2) is 0 Å². The molecule has 1 rings (SSSR count). The van der Waals surface area contributed by atoms with Gasteiger partial charge in [-0.05, 0) is 30.2 Å². The zero-order valence-corrected chi connectivity index (χ0v) is 10.9. The minimum atomic E-state index is -0.257. The second-order valence-electron chi connectivity index (χ2n) is 4.41. The maximum Gasteiger partial charge on any atom is 0.126 e. The highest BCUT2D eigenvalue weighted by Gasteiger charge is 2.13. The van der Waals surface area contributed by atoms with E-state index in [2.05, 4.69) is 26.5 Å². The van der Waals surface area contributed by atoms with Crippen LogP contribution in [0.1, 0.15) is 19.4 Å². The van der Waals surface area contributed by atoms with Gasteiger partial charge in [0, 0.05) is 12.0 Å². The number of halogens is 1. The Hall–Kier alpha value is -0.700. The number of hydrogen-bond acceptors (Lipinski definition) is 2. The highest BCUT2D eigenvalue weighted by Crippen LogP contribution is 2.21. The molecule has 0 aliphatic heterocycles. The Labute approximate surface area is 102 Å². The van der Waals surface area contributed by atoms with E-state index in [1.54, 1.807) is 6.07 Å². The molecule has 0 aliphatic rings. The molecule has 0 heterocycles. The molecular formula is C13H19FOS. The normalized spacial score (nSPS) is 12.9. The molecule has 1 atom stereocenters. The molecule has 1 aromatic carbocycles. The van der Waals surface area contributed by atoms with Crippen LogP contribution in [0.4, 0.5) is 4.39 Å². The van der Waals surface area contributed by atoms with Gasteiger partial charge in [-0.3, -0.25) is 0 Å². The Kier molecular flexibility index (Phi) is 5.13. The van der Waals surface area contributed by atoms with E-state index < -0.39 is 0 Å². The van der Waals surface area contributed by atoms with Gasteiger partial charge in [-0.2, -0.15) is 12.6 Å². The van der Waals surface area contributed by atoms with Crippen LogP contribution in [0, 0.1) is 24.6 Å². The third-order valence-corrected chi connectivity index (χ3v) is 3.25. The molecule has 0 saturated heterocycles. The maximum absolute atomic E-state index is 13.0. The zero-order chi connectivity index (χ0) is 12.1. The molecule has 1 nitrogen and oxygen atoms in total. The number of aryl methyl sites for hydroxylation is 1. The lowest BCUT2D eigenvalue weighted by molar-refractivity contribution is 0.225. The lowest BCUT2D eigenvalue weighted by Gasteiger charge is -2.19. The molecule has 1 unspecified atom stereocenters. The van der Waals surface area contributed by atoms with E-state index in [0.29, 0.717) is 24.2 Å². The van der Waals surface area contributed by atoms with Gasteiger partial charge < -0.3 is 4.74 Å². The van der Waals surface area contributed by atoms with Gasteiger partial charge in [0.1, 0.15) is 11.6 Å². The van der Waals surface area contributed by atoms with Crippen molar-refractivity contribution in [3.8, 4) is 5.75 Å². The minimum Gasteiger partial charge on any atom is -0.493 e. The summed E-state index contributed by atoms with van der Waals surface area (Å²) in [5, 5.41) is 0. The van der Waals surface area contributed by atoms with Gasteiger partial charge in [-0.15, -0.1) is 0 Å². The molecule has 0 aliphatic carbocycles. The van der Waals surface area contributed by atoms with Crippen molar-refractivity contribution in [2.75, 3.05) is 12.4 Å². The van der Waals surface area contributed by atoms with Crippen molar-refractivity contribution in [1.82, 2.24) is 0 Å². The second kappa shape index (κ2) is 6.14. The summed E-state index contributed by atoms with van der Waals surface area (Å²) in [6, 6.07) is 4.61. The van der Waals surface area contributed by atoms with Crippen molar-refractivity contribution < 1.29 is 9.13 Å². The number of benzene rings is 1. The summed E-state index contributed by atoms with van der Waals surface area (Å²) >= 11 is 4.29. The van der Waals surface area contributed by atoms with Crippen LogP contribution in [0.3, 0.4) is 0 Å². The molecule has 0 radical (unpaired) electrons. The van der Waals surface area contributed by atoms with Crippen LogP contribution in [0.25, 0.3) is 0 Å². The molecule has 0 saturated carbocycles. The molecule has 0 amide bonds. The number of thiol groups is 1. The largest absolute Gasteiger partial charge is 0.493 e. The summed E-state index contributed by atoms with van der Waals surface area (Å²) in [6.07, 6.45) is 0. The number of rotatable bonds is 5. The summed E-state index contributed by atoms with van der Waals surface area (Å²) in [6.45, 7) is 6.79. The average molecular weight is 242 g/mol. The van der Waals surface area contributed by atoms with Crippen molar-refractivity contribution in [1.29, 1.82) is 0 Å². The van der Waals surface area contributed by atoms with E-state index in [1.165, 1.54) is 12.1 Å². The molecular weight excluding hydrogens is 223 g/mol. The maximum atomic E-state index is 13.0. The summed E-state index contributed by atoms with van der Waals surface area (Å²) in [5.41, 5.74) is 0.961. The number of hydrogen-bond donors (Lipinski definition) is 1. The number of ether oxygens (including phenoxy) is 1. The van der Waals surface area contributed by atoms with Crippen molar-refractivity contribution in [2.24, 2.45) is 11.8 Å². The Balaban J connectivity index is 2.63. The van der Waals surface area contributed by atoms with Gasteiger partial charge >= 0.3 is 0 Å². The van der Waals surface area contributed by atoms with Crippen LogP contribution in [0.2, 0.25) is 0 Å². The Morgan fingerprint density at radius 1 is 1.38 bits per heavy atom. The molecule has 16 heavy (non-hydrogen) atoms. The Morgan fingerprint density at radius 3 is 2.62 bits per heavy atom. The molecule has 0 fully saturated rings. The van der Waals surface area contributed by atoms with Crippen LogP contribution < -0.4 is 4.74 Å². The highest BCUT2D eigenvalue weighted by atomic mass is 32.1. The standard InChI is InChI=1S/C13H19FOS/c1-9(2)11(8-16)7-15-13-6-12(14)5-4-10(13)3/h4-6,9,11,16H,7-8H2,1-3H3. The van der Waals surface area contributed by atoms with E-state index in [1.807, 2.05) is 6.92 Å². The summed E-state index contributed by atoms with van der Waals surface area (Å²) in [4.78, 5) is 0. The summed E-state index contributed by atoms with van der Waals surface area (Å²) in [7, 11) is 0. The fourth-order valence-corrected chi connectivity index (χ4v) is 1.91. The second-order valence-corrected chi connectivity index (χ2v) is 4.77. The van der Waals surface area contributed by atoms with Gasteiger partial charge in [0.2, 0.25) is 0 Å². The summed E-state index contributed by atoms with van der Waals surface area (Å²) < 4.78 is 18.7. The first kappa shape index (κ1) is 13.4. The topological polar surface area (TPSA) is 9.23 Å². The SMILES string of the molecule is Cc1ccc(F)cc1OCC(CS)C(C)C. The fourth-order valence-electron chi connectivity index (χ4n) is 1.38. The first-order valence-corrected chi connectivity index (χ1v) is 6.17. The zero-order valence-electron chi connectivity index (χ0n) is 10.0. The average Bonchev–Trinajstić information content (AvgIpc) is 2.23. The lowest BCUT2D eigenvalue weighted by Crippen LogP contribution is -2.19. The fraction of sp³-hybridized carbons (Fsp3) is 0.538. The lowest BCUT2D eigenvalue weighted by atomic mass is 9.99. The Bertz CT molecular complexity index is 339. The van der Waals surface area contributed by atoms with Gasteiger partial charge in [-0.1, -0.05) is 19.9 Å². The van der Waals surface area contributed by atoms with Crippen LogP contribution in [0.5, 0.6) is 5.75 Å². The van der Waals surface area contributed by atoms with Gasteiger partial charge in [0.05, 0.1) is 6.61 Å². The van der Waals surface area contributed by atoms with Gasteiger partial charge in [0.25, 0.3) is 0 Å². The Morgan fingerprint density at radius 2 is 2.06 bits per heavy atom. The first-order chi connectivity index (χ1) is 7.54. The van der Waals surface area contributed by atoms with Crippen LogP contribution >= 0.6 is 12.6 Å². The van der Waals surface area contributed by atoms with E-state index in [0.717, 1.165) is 11.3 Å². The summed E-state index contributed by atoms with van der Waals surface area (Å²) in [5.74, 6) is 2.07. The minimum absolute atomic E-state index is 0.257. The molecule has 3 heteroatoms. The van der Waals surface area contributed by atoms with Crippen molar-refractivity contribution in [3.05, 3.63) is 29.6 Å². The molecule has 1 aromatic rings. The van der Waals surface area contributed by atoms with E-state index in [4.69, 9.17) is 4.74 Å². The van der Waals surface area contributed by atoms with Crippen molar-refractivity contribution in [3.63, 3.8) is 0 Å². The van der Waals surface area contributed by atoms with Crippen LogP contribution in [0.15, 0.2) is 18.2 Å². The van der Waals surface area contributed by atoms with Crippen LogP contribution in [-0.4, -0.2) is 12.4 Å². The smallest absolute Gasteiger partial charge is 0.126 e. The molecule has 0 N–H and O–H groups in total. The molecule has 0 bridgehead atoms. The van der Waals surface area contributed by atoms with E-state index >= 15 is 0 Å². The van der Waals surface area contributed by atoms with Crippen molar-refractivity contribution >= 4 is 12.6 Å². The highest BCUT2D eigenvalue weighted by molar-refractivity contribution is 7.80. The quantitative estimate of drug-likeness (QED) is 0.774.